The molecule has 0 spiro atoms. The van der Waals surface area contributed by atoms with E-state index in [4.69, 9.17) is 5.73 Å². The molecule has 9 heteroatoms. The predicted molar refractivity (Wildman–Crippen MR) is 113 cm³/mol. The van der Waals surface area contributed by atoms with Gasteiger partial charge in [-0.2, -0.15) is 4.98 Å². The average molecular weight is 405 g/mol. The molecule has 1 fully saturated rings. The van der Waals surface area contributed by atoms with Gasteiger partial charge in [-0.25, -0.2) is 4.79 Å². The van der Waals surface area contributed by atoms with Crippen molar-refractivity contribution in [2.24, 2.45) is 18.7 Å². The number of hydrogen-bond donors (Lipinski definition) is 2. The number of hydrogen-bond acceptors (Lipinski definition) is 5. The summed E-state index contributed by atoms with van der Waals surface area (Å²) in [6.07, 6.45) is 8.24. The van der Waals surface area contributed by atoms with E-state index in [-0.39, 0.29) is 11.8 Å². The number of aromatic nitrogens is 4. The normalized spacial score (nSPS) is 15.3. The second-order valence-electron chi connectivity index (χ2n) is 7.99. The Morgan fingerprint density at radius 3 is 2.45 bits per heavy atom. The van der Waals surface area contributed by atoms with E-state index in [1.54, 1.807) is 7.05 Å². The Hall–Kier alpha value is -2.58. The highest BCUT2D eigenvalue weighted by Crippen LogP contribution is 2.25. The van der Waals surface area contributed by atoms with E-state index in [1.165, 1.54) is 30.3 Å². The molecule has 0 aromatic carbocycles. The van der Waals surface area contributed by atoms with Gasteiger partial charge in [-0.3, -0.25) is 19.1 Å². The lowest BCUT2D eigenvalue weighted by Crippen LogP contribution is -2.39. The van der Waals surface area contributed by atoms with Crippen molar-refractivity contribution in [1.29, 1.82) is 0 Å². The molecule has 3 heterocycles. The molecule has 1 aliphatic heterocycles. The van der Waals surface area contributed by atoms with Crippen LogP contribution in [-0.2, 0) is 18.4 Å². The number of nitrogens with one attached hydrogen (secondary N) is 1. The lowest BCUT2D eigenvalue weighted by Gasteiger charge is -2.31. The maximum Gasteiger partial charge on any atom is 0.329 e. The molecule has 1 saturated heterocycles. The lowest BCUT2D eigenvalue weighted by atomic mass is 9.96. The van der Waals surface area contributed by atoms with Crippen molar-refractivity contribution in [1.82, 2.24) is 19.1 Å². The second-order valence-corrected chi connectivity index (χ2v) is 7.99. The number of unbranched alkanes of at least 4 members (excludes halogenated alkanes) is 5. The fourth-order valence-electron chi connectivity index (χ4n) is 4.09. The summed E-state index contributed by atoms with van der Waals surface area (Å²) in [4.78, 5) is 45.2. The molecule has 0 aliphatic carbocycles. The molecule has 160 valence electrons. The van der Waals surface area contributed by atoms with Crippen molar-refractivity contribution < 1.29 is 4.79 Å². The number of nitrogens with zero attached hydrogens (tertiary/aromatic N) is 4. The van der Waals surface area contributed by atoms with Crippen LogP contribution in [0.25, 0.3) is 11.2 Å². The van der Waals surface area contributed by atoms with Gasteiger partial charge in [-0.1, -0.05) is 39.0 Å². The van der Waals surface area contributed by atoms with Gasteiger partial charge in [-0.05, 0) is 19.3 Å². The third-order valence-electron chi connectivity index (χ3n) is 5.90. The third-order valence-corrected chi connectivity index (χ3v) is 5.90. The number of aryl methyl sites for hydroxylation is 2. The molecule has 2 aromatic heterocycles. The summed E-state index contributed by atoms with van der Waals surface area (Å²) in [5, 5.41) is 0. The predicted octanol–water partition coefficient (Wildman–Crippen LogP) is 1.49. The van der Waals surface area contributed by atoms with E-state index in [0.717, 1.165) is 12.8 Å². The van der Waals surface area contributed by atoms with E-state index >= 15 is 0 Å². The maximum absolute atomic E-state index is 12.6. The number of H-pyrrole nitrogens is 1. The number of primary amides is 1. The number of imidazole rings is 1. The van der Waals surface area contributed by atoms with Crippen LogP contribution in [0, 0.1) is 5.92 Å². The van der Waals surface area contributed by atoms with Gasteiger partial charge in [0, 0.05) is 32.6 Å². The number of rotatable bonds is 9. The quantitative estimate of drug-likeness (QED) is 0.614. The molecule has 1 aliphatic rings. The van der Waals surface area contributed by atoms with Crippen molar-refractivity contribution in [3.8, 4) is 0 Å². The summed E-state index contributed by atoms with van der Waals surface area (Å²) in [5.41, 5.74) is 5.42. The van der Waals surface area contributed by atoms with Crippen LogP contribution in [0.5, 0.6) is 0 Å². The monoisotopic (exact) mass is 404 g/mol. The molecular formula is C20H32N6O3. The molecule has 1 amide bonds. The average Bonchev–Trinajstić information content (AvgIpc) is 3.09. The number of piperidine rings is 1. The van der Waals surface area contributed by atoms with Crippen molar-refractivity contribution in [2.45, 2.75) is 64.8 Å². The Kier molecular flexibility index (Phi) is 6.76. The molecule has 0 atom stereocenters. The highest BCUT2D eigenvalue weighted by atomic mass is 16.2. The van der Waals surface area contributed by atoms with E-state index < -0.39 is 11.2 Å². The van der Waals surface area contributed by atoms with Crippen molar-refractivity contribution in [2.75, 3.05) is 18.0 Å². The summed E-state index contributed by atoms with van der Waals surface area (Å²) in [5.74, 6) is 0.322. The van der Waals surface area contributed by atoms with E-state index in [1.807, 2.05) is 4.57 Å². The van der Waals surface area contributed by atoms with E-state index in [0.29, 0.717) is 49.6 Å². The maximum atomic E-state index is 12.6. The number of amides is 1. The van der Waals surface area contributed by atoms with Gasteiger partial charge in [-0.15, -0.1) is 0 Å². The van der Waals surface area contributed by atoms with Gasteiger partial charge in [0.1, 0.15) is 0 Å². The number of carbonyl (C=O) groups is 1. The SMILES string of the molecule is CCCCCCCCn1c(N2CCC(C(N)=O)CC2)nc2c1c(=O)[nH]c(=O)n2C. The Labute approximate surface area is 169 Å². The van der Waals surface area contributed by atoms with Crippen molar-refractivity contribution >= 4 is 23.0 Å². The zero-order valence-corrected chi connectivity index (χ0v) is 17.4. The van der Waals surface area contributed by atoms with E-state index in [2.05, 4.69) is 21.8 Å². The highest BCUT2D eigenvalue weighted by molar-refractivity contribution is 5.77. The first kappa shape index (κ1) is 21.1. The Morgan fingerprint density at radius 1 is 1.14 bits per heavy atom. The van der Waals surface area contributed by atoms with Crippen molar-refractivity contribution in [3.05, 3.63) is 20.8 Å². The minimum absolute atomic E-state index is 0.115. The number of nitrogens with two attached hydrogens (primary N) is 1. The van der Waals surface area contributed by atoms with Gasteiger partial charge >= 0.3 is 5.69 Å². The zero-order valence-electron chi connectivity index (χ0n) is 17.4. The first-order valence-corrected chi connectivity index (χ1v) is 10.7. The molecule has 0 saturated carbocycles. The molecular weight excluding hydrogens is 372 g/mol. The number of carbonyl (C=O) groups excluding carboxylic acids is 1. The number of aromatic amines is 1. The van der Waals surface area contributed by atoms with Gasteiger partial charge in [0.15, 0.2) is 11.2 Å². The Balaban J connectivity index is 1.88. The molecule has 9 nitrogen and oxygen atoms in total. The molecule has 0 bridgehead atoms. The topological polar surface area (TPSA) is 119 Å². The Morgan fingerprint density at radius 2 is 1.79 bits per heavy atom. The summed E-state index contributed by atoms with van der Waals surface area (Å²) in [6, 6.07) is 0. The minimum Gasteiger partial charge on any atom is -0.369 e. The van der Waals surface area contributed by atoms with Gasteiger partial charge in [0.2, 0.25) is 11.9 Å². The molecule has 29 heavy (non-hydrogen) atoms. The van der Waals surface area contributed by atoms with Gasteiger partial charge in [0.05, 0.1) is 0 Å². The van der Waals surface area contributed by atoms with Crippen LogP contribution in [0.1, 0.15) is 58.3 Å². The Bertz CT molecular complexity index is 965. The second kappa shape index (κ2) is 9.28. The van der Waals surface area contributed by atoms with Crippen LogP contribution in [-0.4, -0.2) is 38.1 Å². The number of anilines is 1. The van der Waals surface area contributed by atoms with Crippen LogP contribution < -0.4 is 21.9 Å². The zero-order chi connectivity index (χ0) is 21.0. The van der Waals surface area contributed by atoms with Crippen LogP contribution in [0.4, 0.5) is 5.95 Å². The molecule has 3 rings (SSSR count). The fourth-order valence-corrected chi connectivity index (χ4v) is 4.09. The fraction of sp³-hybridized carbons (Fsp3) is 0.700. The van der Waals surface area contributed by atoms with Crippen LogP contribution in [0.2, 0.25) is 0 Å². The molecule has 0 unspecified atom stereocenters. The van der Waals surface area contributed by atoms with Gasteiger partial charge < -0.3 is 15.2 Å². The molecule has 2 aromatic rings. The third kappa shape index (κ3) is 4.54. The van der Waals surface area contributed by atoms with Crippen LogP contribution >= 0.6 is 0 Å². The van der Waals surface area contributed by atoms with E-state index in [9.17, 15) is 14.4 Å². The minimum atomic E-state index is -0.467. The summed E-state index contributed by atoms with van der Waals surface area (Å²) in [7, 11) is 1.62. The smallest absolute Gasteiger partial charge is 0.329 e. The highest BCUT2D eigenvalue weighted by Gasteiger charge is 2.27. The van der Waals surface area contributed by atoms with Crippen LogP contribution in [0.3, 0.4) is 0 Å². The summed E-state index contributed by atoms with van der Waals surface area (Å²) in [6.45, 7) is 4.18. The summed E-state index contributed by atoms with van der Waals surface area (Å²) < 4.78 is 3.33. The van der Waals surface area contributed by atoms with Crippen LogP contribution in [0.15, 0.2) is 9.59 Å². The molecule has 3 N–H and O–H groups in total. The standard InChI is InChI=1S/C20H32N6O3/c1-3-4-5-6-7-8-11-26-15-17(24(2)20(29)23-18(15)28)22-19(26)25-12-9-14(10-13-25)16(21)27/h14H,3-13H2,1-2H3,(H2,21,27)(H,23,28,29). The largest absolute Gasteiger partial charge is 0.369 e. The number of fused-ring (bicyclic) bond motifs is 1. The van der Waals surface area contributed by atoms with Gasteiger partial charge in [0.25, 0.3) is 5.56 Å². The lowest BCUT2D eigenvalue weighted by molar-refractivity contribution is -0.122. The molecule has 0 radical (unpaired) electrons. The first-order chi connectivity index (χ1) is 13.9. The summed E-state index contributed by atoms with van der Waals surface area (Å²) >= 11 is 0. The van der Waals surface area contributed by atoms with Crippen molar-refractivity contribution in [3.63, 3.8) is 0 Å². The first-order valence-electron chi connectivity index (χ1n) is 10.7.